The zero-order valence-corrected chi connectivity index (χ0v) is 9.06. The Labute approximate surface area is 89.7 Å². The molecule has 0 radical (unpaired) electrons. The monoisotopic (exact) mass is 208 g/mol. The van der Waals surface area contributed by atoms with Gasteiger partial charge in [0, 0.05) is 6.20 Å². The number of nitrogens with zero attached hydrogens (tertiary/aromatic N) is 1. The van der Waals surface area contributed by atoms with E-state index in [1.807, 2.05) is 18.2 Å². The Bertz CT molecular complexity index is 301. The van der Waals surface area contributed by atoms with E-state index < -0.39 is 0 Å². The van der Waals surface area contributed by atoms with Gasteiger partial charge in [0.15, 0.2) is 0 Å². The maximum Gasteiger partial charge on any atom is 0.307 e. The van der Waals surface area contributed by atoms with E-state index in [0.717, 1.165) is 5.69 Å². The topological polar surface area (TPSA) is 51.2 Å². The average molecular weight is 208 g/mol. The molecule has 4 nitrogen and oxygen atoms in total. The molecule has 0 saturated heterocycles. The van der Waals surface area contributed by atoms with Gasteiger partial charge < -0.3 is 10.1 Å². The van der Waals surface area contributed by atoms with Crippen LogP contribution in [0, 0.1) is 0 Å². The Morgan fingerprint density at radius 2 is 2.40 bits per heavy atom. The van der Waals surface area contributed by atoms with Gasteiger partial charge in [-0.25, -0.2) is 0 Å². The minimum atomic E-state index is -0.206. The minimum absolute atomic E-state index is 0.0785. The van der Waals surface area contributed by atoms with Crippen molar-refractivity contribution < 1.29 is 9.53 Å². The Morgan fingerprint density at radius 3 is 2.93 bits per heavy atom. The van der Waals surface area contributed by atoms with Crippen LogP contribution in [0.5, 0.6) is 0 Å². The molecule has 0 aliphatic rings. The van der Waals surface area contributed by atoms with Gasteiger partial charge in [0.05, 0.1) is 24.8 Å². The predicted octanol–water partition coefficient (Wildman–Crippen LogP) is 1.30. The minimum Gasteiger partial charge on any atom is -0.466 e. The Kier molecular flexibility index (Phi) is 4.77. The first-order valence-corrected chi connectivity index (χ1v) is 5.01. The first-order chi connectivity index (χ1) is 7.27. The summed E-state index contributed by atoms with van der Waals surface area (Å²) in [5.74, 6) is -0.206. The third kappa shape index (κ3) is 3.67. The van der Waals surface area contributed by atoms with Gasteiger partial charge in [-0.3, -0.25) is 9.78 Å². The Morgan fingerprint density at radius 1 is 1.60 bits per heavy atom. The summed E-state index contributed by atoms with van der Waals surface area (Å²) in [7, 11) is 1.80. The summed E-state index contributed by atoms with van der Waals surface area (Å²) < 4.78 is 4.89. The van der Waals surface area contributed by atoms with Crippen molar-refractivity contribution in [1.29, 1.82) is 0 Å². The van der Waals surface area contributed by atoms with Crippen LogP contribution in [-0.2, 0) is 9.53 Å². The Balaban J connectivity index is 2.61. The lowest BCUT2D eigenvalue weighted by atomic mass is 10.1. The second-order valence-corrected chi connectivity index (χ2v) is 3.11. The number of hydrogen-bond donors (Lipinski definition) is 1. The summed E-state index contributed by atoms with van der Waals surface area (Å²) in [6, 6.07) is 5.56. The summed E-state index contributed by atoms with van der Waals surface area (Å²) >= 11 is 0. The van der Waals surface area contributed by atoms with E-state index in [1.54, 1.807) is 20.2 Å². The van der Waals surface area contributed by atoms with Gasteiger partial charge in [-0.1, -0.05) is 6.07 Å². The molecule has 15 heavy (non-hydrogen) atoms. The maximum atomic E-state index is 11.3. The molecule has 4 heteroatoms. The van der Waals surface area contributed by atoms with Crippen LogP contribution in [0.2, 0.25) is 0 Å². The molecule has 0 aromatic carbocycles. The van der Waals surface area contributed by atoms with E-state index >= 15 is 0 Å². The molecule has 82 valence electrons. The summed E-state index contributed by atoms with van der Waals surface area (Å²) in [5, 5.41) is 3.04. The summed E-state index contributed by atoms with van der Waals surface area (Å²) in [5.41, 5.74) is 0.855. The van der Waals surface area contributed by atoms with Crippen molar-refractivity contribution in [3.05, 3.63) is 30.1 Å². The number of rotatable bonds is 5. The molecule has 0 bridgehead atoms. The highest BCUT2D eigenvalue weighted by molar-refractivity contribution is 5.70. The van der Waals surface area contributed by atoms with E-state index in [9.17, 15) is 4.79 Å². The molecule has 0 saturated carbocycles. The zero-order valence-electron chi connectivity index (χ0n) is 9.06. The molecule has 1 aromatic rings. The quantitative estimate of drug-likeness (QED) is 0.741. The van der Waals surface area contributed by atoms with Crippen LogP contribution in [-0.4, -0.2) is 24.6 Å². The Hall–Kier alpha value is -1.42. The normalized spacial score (nSPS) is 12.1. The fraction of sp³-hybridized carbons (Fsp3) is 0.455. The van der Waals surface area contributed by atoms with Crippen molar-refractivity contribution in [2.45, 2.75) is 19.4 Å². The van der Waals surface area contributed by atoms with Crippen molar-refractivity contribution >= 4 is 5.97 Å². The largest absolute Gasteiger partial charge is 0.466 e. The molecule has 1 aromatic heterocycles. The predicted molar refractivity (Wildman–Crippen MR) is 57.3 cm³/mol. The molecule has 1 atom stereocenters. The number of pyridine rings is 1. The van der Waals surface area contributed by atoms with Crippen LogP contribution >= 0.6 is 0 Å². The highest BCUT2D eigenvalue weighted by atomic mass is 16.5. The van der Waals surface area contributed by atoms with Crippen molar-refractivity contribution in [3.63, 3.8) is 0 Å². The van der Waals surface area contributed by atoms with Crippen LogP contribution in [0.4, 0.5) is 0 Å². The lowest BCUT2D eigenvalue weighted by Gasteiger charge is -2.14. The molecule has 1 N–H and O–H groups in total. The third-order valence-electron chi connectivity index (χ3n) is 2.07. The van der Waals surface area contributed by atoms with E-state index in [4.69, 9.17) is 4.74 Å². The molecular formula is C11H16N2O2. The standard InChI is InChI=1S/C11H16N2O2/c1-3-15-11(14)8-10(12-2)9-6-4-5-7-13-9/h4-7,10,12H,3,8H2,1-2H3. The molecule has 0 fully saturated rings. The van der Waals surface area contributed by atoms with Crippen LogP contribution in [0.3, 0.4) is 0 Å². The van der Waals surface area contributed by atoms with Gasteiger partial charge in [0.1, 0.15) is 0 Å². The molecule has 0 aliphatic heterocycles. The number of ether oxygens (including phenoxy) is 1. The summed E-state index contributed by atoms with van der Waals surface area (Å²) in [4.78, 5) is 15.5. The molecule has 0 amide bonds. The van der Waals surface area contributed by atoms with Gasteiger partial charge in [-0.2, -0.15) is 0 Å². The molecule has 1 rings (SSSR count). The van der Waals surface area contributed by atoms with Gasteiger partial charge in [0.25, 0.3) is 0 Å². The second-order valence-electron chi connectivity index (χ2n) is 3.11. The average Bonchev–Trinajstić information content (AvgIpc) is 2.27. The number of nitrogens with one attached hydrogen (secondary N) is 1. The number of carbonyl (C=O) groups excluding carboxylic acids is 1. The van der Waals surface area contributed by atoms with Gasteiger partial charge in [-0.05, 0) is 26.1 Å². The summed E-state index contributed by atoms with van der Waals surface area (Å²) in [6.07, 6.45) is 2.02. The van der Waals surface area contributed by atoms with E-state index in [0.29, 0.717) is 13.0 Å². The third-order valence-corrected chi connectivity index (χ3v) is 2.07. The van der Waals surface area contributed by atoms with Crippen molar-refractivity contribution in [2.24, 2.45) is 0 Å². The maximum absolute atomic E-state index is 11.3. The number of hydrogen-bond acceptors (Lipinski definition) is 4. The summed E-state index contributed by atoms with van der Waals surface area (Å²) in [6.45, 7) is 2.21. The van der Waals surface area contributed by atoms with Gasteiger partial charge >= 0.3 is 5.97 Å². The van der Waals surface area contributed by atoms with E-state index in [1.165, 1.54) is 0 Å². The molecule has 1 heterocycles. The van der Waals surface area contributed by atoms with Gasteiger partial charge in [-0.15, -0.1) is 0 Å². The van der Waals surface area contributed by atoms with Crippen LogP contribution in [0.25, 0.3) is 0 Å². The fourth-order valence-corrected chi connectivity index (χ4v) is 1.32. The first-order valence-electron chi connectivity index (χ1n) is 5.01. The number of esters is 1. The highest BCUT2D eigenvalue weighted by Gasteiger charge is 2.15. The zero-order chi connectivity index (χ0) is 11.1. The van der Waals surface area contributed by atoms with E-state index in [2.05, 4.69) is 10.3 Å². The SMILES string of the molecule is CCOC(=O)CC(NC)c1ccccn1. The lowest BCUT2D eigenvalue weighted by Crippen LogP contribution is -2.22. The second kappa shape index (κ2) is 6.14. The highest BCUT2D eigenvalue weighted by Crippen LogP contribution is 2.13. The number of carbonyl (C=O) groups is 1. The van der Waals surface area contributed by atoms with Crippen molar-refractivity contribution in [3.8, 4) is 0 Å². The fourth-order valence-electron chi connectivity index (χ4n) is 1.32. The molecule has 0 spiro atoms. The van der Waals surface area contributed by atoms with E-state index in [-0.39, 0.29) is 12.0 Å². The first kappa shape index (κ1) is 11.7. The molecule has 1 unspecified atom stereocenters. The number of aromatic nitrogens is 1. The van der Waals surface area contributed by atoms with Crippen LogP contribution < -0.4 is 5.32 Å². The van der Waals surface area contributed by atoms with Crippen molar-refractivity contribution in [1.82, 2.24) is 10.3 Å². The molecule has 0 aliphatic carbocycles. The van der Waals surface area contributed by atoms with Crippen molar-refractivity contribution in [2.75, 3.05) is 13.7 Å². The van der Waals surface area contributed by atoms with Crippen LogP contribution in [0.15, 0.2) is 24.4 Å². The van der Waals surface area contributed by atoms with Crippen LogP contribution in [0.1, 0.15) is 25.1 Å². The lowest BCUT2D eigenvalue weighted by molar-refractivity contribution is -0.143. The smallest absolute Gasteiger partial charge is 0.307 e. The van der Waals surface area contributed by atoms with Gasteiger partial charge in [0.2, 0.25) is 0 Å². The molecular weight excluding hydrogens is 192 g/mol.